The van der Waals surface area contributed by atoms with E-state index < -0.39 is 11.0 Å². The Labute approximate surface area is 82.5 Å². The molecule has 0 radical (unpaired) electrons. The second-order valence-electron chi connectivity index (χ2n) is 4.31. The SMILES string of the molecule is CC1CCN(CC2CCS(=O)N2)C1. The van der Waals surface area contributed by atoms with Crippen molar-refractivity contribution in [1.82, 2.24) is 9.62 Å². The first kappa shape index (κ1) is 9.62. The molecule has 13 heavy (non-hydrogen) atoms. The number of rotatable bonds is 2. The highest BCUT2D eigenvalue weighted by Crippen LogP contribution is 2.16. The van der Waals surface area contributed by atoms with E-state index in [1.54, 1.807) is 0 Å². The van der Waals surface area contributed by atoms with E-state index in [2.05, 4.69) is 16.5 Å². The van der Waals surface area contributed by atoms with Gasteiger partial charge in [-0.25, -0.2) is 8.93 Å². The van der Waals surface area contributed by atoms with Gasteiger partial charge >= 0.3 is 0 Å². The van der Waals surface area contributed by atoms with Crippen molar-refractivity contribution in [3.8, 4) is 0 Å². The number of hydrogen-bond acceptors (Lipinski definition) is 2. The molecule has 3 nitrogen and oxygen atoms in total. The lowest BCUT2D eigenvalue weighted by atomic mass is 10.2. The maximum atomic E-state index is 11.1. The lowest BCUT2D eigenvalue weighted by Crippen LogP contribution is -2.36. The molecule has 2 saturated heterocycles. The van der Waals surface area contributed by atoms with E-state index in [9.17, 15) is 4.21 Å². The van der Waals surface area contributed by atoms with Crippen molar-refractivity contribution in [2.45, 2.75) is 25.8 Å². The van der Waals surface area contributed by atoms with Crippen molar-refractivity contribution < 1.29 is 4.21 Å². The van der Waals surface area contributed by atoms with Crippen LogP contribution in [0, 0.1) is 5.92 Å². The number of hydrogen-bond donors (Lipinski definition) is 1. The van der Waals surface area contributed by atoms with Gasteiger partial charge in [0.1, 0.15) is 0 Å². The topological polar surface area (TPSA) is 32.3 Å². The van der Waals surface area contributed by atoms with E-state index in [1.807, 2.05) is 0 Å². The third kappa shape index (κ3) is 2.51. The van der Waals surface area contributed by atoms with E-state index in [1.165, 1.54) is 19.5 Å². The van der Waals surface area contributed by atoms with Gasteiger partial charge in [0.15, 0.2) is 0 Å². The third-order valence-corrected chi connectivity index (χ3v) is 4.14. The fourth-order valence-corrected chi connectivity index (χ4v) is 3.37. The predicted molar refractivity (Wildman–Crippen MR) is 54.8 cm³/mol. The zero-order valence-electron chi connectivity index (χ0n) is 8.16. The minimum atomic E-state index is -0.738. The maximum Gasteiger partial charge on any atom is 0.0918 e. The lowest BCUT2D eigenvalue weighted by molar-refractivity contribution is 0.299. The molecule has 2 rings (SSSR count). The van der Waals surface area contributed by atoms with Gasteiger partial charge in [-0.3, -0.25) is 0 Å². The molecule has 2 aliphatic rings. The second-order valence-corrected chi connectivity index (χ2v) is 5.64. The maximum absolute atomic E-state index is 11.1. The molecule has 0 spiro atoms. The first-order valence-electron chi connectivity index (χ1n) is 5.11. The molecule has 4 heteroatoms. The van der Waals surface area contributed by atoms with Crippen LogP contribution >= 0.6 is 0 Å². The Bertz CT molecular complexity index is 210. The van der Waals surface area contributed by atoms with Gasteiger partial charge in [0.25, 0.3) is 0 Å². The minimum absolute atomic E-state index is 0.478. The summed E-state index contributed by atoms with van der Waals surface area (Å²) in [5, 5.41) is 0. The molecule has 76 valence electrons. The zero-order chi connectivity index (χ0) is 9.26. The molecule has 3 unspecified atom stereocenters. The molecule has 0 aromatic heterocycles. The Morgan fingerprint density at radius 2 is 2.38 bits per heavy atom. The molecule has 0 aromatic carbocycles. The molecule has 2 heterocycles. The Morgan fingerprint density at radius 1 is 1.54 bits per heavy atom. The molecule has 0 aromatic rings. The first-order chi connectivity index (χ1) is 6.24. The summed E-state index contributed by atoms with van der Waals surface area (Å²) in [6.45, 7) is 5.85. The van der Waals surface area contributed by atoms with Crippen LogP contribution in [0.1, 0.15) is 19.8 Å². The van der Waals surface area contributed by atoms with Crippen molar-refractivity contribution >= 4 is 11.0 Å². The van der Waals surface area contributed by atoms with Crippen molar-refractivity contribution in [2.24, 2.45) is 5.92 Å². The predicted octanol–water partition coefficient (Wildman–Crippen LogP) is 0.354. The Kier molecular flexibility index (Phi) is 3.01. The van der Waals surface area contributed by atoms with Crippen molar-refractivity contribution in [3.05, 3.63) is 0 Å². The summed E-state index contributed by atoms with van der Waals surface area (Å²) in [7, 11) is -0.738. The summed E-state index contributed by atoms with van der Waals surface area (Å²) in [4.78, 5) is 2.49. The van der Waals surface area contributed by atoms with Crippen LogP contribution in [0.4, 0.5) is 0 Å². The highest BCUT2D eigenvalue weighted by Gasteiger charge is 2.25. The van der Waals surface area contributed by atoms with Crippen LogP contribution in [0.25, 0.3) is 0 Å². The largest absolute Gasteiger partial charge is 0.301 e. The molecular weight excluding hydrogens is 184 g/mol. The fraction of sp³-hybridized carbons (Fsp3) is 1.00. The normalized spacial score (nSPS) is 41.5. The molecule has 0 aliphatic carbocycles. The van der Waals surface area contributed by atoms with Crippen LogP contribution in [0.3, 0.4) is 0 Å². The van der Waals surface area contributed by atoms with E-state index in [0.717, 1.165) is 24.6 Å². The lowest BCUT2D eigenvalue weighted by Gasteiger charge is -2.19. The van der Waals surface area contributed by atoms with Gasteiger partial charge in [0, 0.05) is 24.9 Å². The molecule has 3 atom stereocenters. The number of nitrogens with zero attached hydrogens (tertiary/aromatic N) is 1. The summed E-state index contributed by atoms with van der Waals surface area (Å²) in [5.74, 6) is 1.69. The number of likely N-dealkylation sites (tertiary alicyclic amines) is 1. The van der Waals surface area contributed by atoms with E-state index in [4.69, 9.17) is 0 Å². The van der Waals surface area contributed by atoms with Gasteiger partial charge in [0.05, 0.1) is 11.0 Å². The monoisotopic (exact) mass is 202 g/mol. The molecule has 2 fully saturated rings. The van der Waals surface area contributed by atoms with Crippen LogP contribution in [-0.2, 0) is 11.0 Å². The molecular formula is C9H18N2OS. The van der Waals surface area contributed by atoms with Crippen LogP contribution in [0.5, 0.6) is 0 Å². The smallest absolute Gasteiger partial charge is 0.0918 e. The van der Waals surface area contributed by atoms with Gasteiger partial charge in [-0.2, -0.15) is 0 Å². The summed E-state index contributed by atoms with van der Waals surface area (Å²) < 4.78 is 14.2. The summed E-state index contributed by atoms with van der Waals surface area (Å²) in [6.07, 6.45) is 2.41. The zero-order valence-corrected chi connectivity index (χ0v) is 8.98. The molecule has 1 N–H and O–H groups in total. The molecule has 0 amide bonds. The third-order valence-electron chi connectivity index (χ3n) is 2.94. The van der Waals surface area contributed by atoms with E-state index in [-0.39, 0.29) is 0 Å². The number of nitrogens with one attached hydrogen (secondary N) is 1. The standard InChI is InChI=1S/C9H18N2OS/c1-8-2-4-11(6-8)7-9-3-5-13(12)10-9/h8-10H,2-7H2,1H3. The summed E-state index contributed by atoms with van der Waals surface area (Å²) in [6, 6.07) is 0.478. The quantitative estimate of drug-likeness (QED) is 0.701. The molecule has 2 aliphatic heterocycles. The Balaban J connectivity index is 1.75. The first-order valence-corrected chi connectivity index (χ1v) is 6.43. The van der Waals surface area contributed by atoms with Crippen LogP contribution in [0.15, 0.2) is 0 Å². The van der Waals surface area contributed by atoms with E-state index >= 15 is 0 Å². The summed E-state index contributed by atoms with van der Waals surface area (Å²) >= 11 is 0. The van der Waals surface area contributed by atoms with Gasteiger partial charge in [-0.05, 0) is 25.3 Å². The second kappa shape index (κ2) is 4.07. The van der Waals surface area contributed by atoms with Crippen molar-refractivity contribution in [1.29, 1.82) is 0 Å². The Hall–Kier alpha value is 0.0700. The van der Waals surface area contributed by atoms with Gasteiger partial charge < -0.3 is 4.90 Å². The van der Waals surface area contributed by atoms with Crippen LogP contribution in [-0.4, -0.2) is 40.5 Å². The highest BCUT2D eigenvalue weighted by molar-refractivity contribution is 7.83. The van der Waals surface area contributed by atoms with Gasteiger partial charge in [-0.1, -0.05) is 6.92 Å². The molecule has 0 saturated carbocycles. The van der Waals surface area contributed by atoms with Crippen molar-refractivity contribution in [2.75, 3.05) is 25.4 Å². The fourth-order valence-electron chi connectivity index (χ4n) is 2.19. The van der Waals surface area contributed by atoms with Gasteiger partial charge in [-0.15, -0.1) is 0 Å². The highest BCUT2D eigenvalue weighted by atomic mass is 32.2. The van der Waals surface area contributed by atoms with Crippen molar-refractivity contribution in [3.63, 3.8) is 0 Å². The van der Waals surface area contributed by atoms with Gasteiger partial charge in [0.2, 0.25) is 0 Å². The van der Waals surface area contributed by atoms with Crippen LogP contribution in [0.2, 0.25) is 0 Å². The summed E-state index contributed by atoms with van der Waals surface area (Å²) in [5.41, 5.74) is 0. The average molecular weight is 202 g/mol. The average Bonchev–Trinajstić information content (AvgIpc) is 2.62. The molecule has 0 bridgehead atoms. The minimum Gasteiger partial charge on any atom is -0.301 e. The van der Waals surface area contributed by atoms with Crippen LogP contribution < -0.4 is 4.72 Å². The van der Waals surface area contributed by atoms with E-state index in [0.29, 0.717) is 6.04 Å². The Morgan fingerprint density at radius 3 is 2.92 bits per heavy atom.